The van der Waals surface area contributed by atoms with E-state index in [-0.39, 0.29) is 29.1 Å². The summed E-state index contributed by atoms with van der Waals surface area (Å²) in [5.41, 5.74) is 1.36. The monoisotopic (exact) mass is 382 g/mol. The van der Waals surface area contributed by atoms with E-state index in [1.165, 1.54) is 18.2 Å². The number of nitrogens with one attached hydrogen (secondary N) is 2. The number of Topliss-reactive ketones (excluding diaryl/α,β-unsaturated/α-hetero) is 1. The van der Waals surface area contributed by atoms with Crippen LogP contribution in [0.25, 0.3) is 0 Å². The number of aromatic nitrogens is 1. The second-order valence-electron chi connectivity index (χ2n) is 7.73. The Balaban J connectivity index is 1.64. The summed E-state index contributed by atoms with van der Waals surface area (Å²) in [4.78, 5) is 40.3. The van der Waals surface area contributed by atoms with Crippen LogP contribution in [0, 0.1) is 11.7 Å². The predicted molar refractivity (Wildman–Crippen MR) is 103 cm³/mol. The predicted octanol–water partition coefficient (Wildman–Crippen LogP) is 3.69. The first-order chi connectivity index (χ1) is 13.5. The third-order valence-corrected chi connectivity index (χ3v) is 5.89. The molecule has 1 saturated carbocycles. The summed E-state index contributed by atoms with van der Waals surface area (Å²) in [6.45, 7) is 0. The molecule has 6 heteroatoms. The highest BCUT2D eigenvalue weighted by Crippen LogP contribution is 2.36. The first-order valence-electron chi connectivity index (χ1n) is 9.88. The Morgan fingerprint density at radius 3 is 2.50 bits per heavy atom. The van der Waals surface area contributed by atoms with Gasteiger partial charge in [0.05, 0.1) is 6.04 Å². The Morgan fingerprint density at radius 1 is 1.07 bits per heavy atom. The molecule has 0 bridgehead atoms. The molecule has 1 aromatic carbocycles. The Hall–Kier alpha value is -2.76. The van der Waals surface area contributed by atoms with Gasteiger partial charge in [0.1, 0.15) is 11.4 Å². The van der Waals surface area contributed by atoms with Crippen LogP contribution in [0.15, 0.2) is 35.1 Å². The molecule has 4 rings (SSSR count). The Kier molecular flexibility index (Phi) is 5.11. The zero-order valence-corrected chi connectivity index (χ0v) is 15.6. The largest absolute Gasteiger partial charge is 0.345 e. The number of carbonyl (C=O) groups excluding carboxylic acids is 2. The van der Waals surface area contributed by atoms with Crippen LogP contribution in [0.5, 0.6) is 0 Å². The minimum absolute atomic E-state index is 0.0425. The fraction of sp³-hybridized carbons (Fsp3) is 0.409. The van der Waals surface area contributed by atoms with Crippen molar-refractivity contribution in [3.05, 3.63) is 68.9 Å². The van der Waals surface area contributed by atoms with Crippen LogP contribution < -0.4 is 10.9 Å². The van der Waals surface area contributed by atoms with Crippen molar-refractivity contribution in [1.82, 2.24) is 10.3 Å². The van der Waals surface area contributed by atoms with Crippen LogP contribution in [0.1, 0.15) is 76.5 Å². The van der Waals surface area contributed by atoms with Gasteiger partial charge in [-0.25, -0.2) is 4.39 Å². The highest BCUT2D eigenvalue weighted by molar-refractivity contribution is 6.01. The number of carbonyl (C=O) groups is 2. The molecule has 5 nitrogen and oxygen atoms in total. The van der Waals surface area contributed by atoms with E-state index < -0.39 is 11.5 Å². The van der Waals surface area contributed by atoms with Crippen molar-refractivity contribution < 1.29 is 14.0 Å². The van der Waals surface area contributed by atoms with Crippen LogP contribution in [0.4, 0.5) is 4.39 Å². The van der Waals surface area contributed by atoms with Gasteiger partial charge < -0.3 is 10.3 Å². The second kappa shape index (κ2) is 7.70. The number of ketones is 1. The molecule has 1 atom stereocenters. The molecule has 146 valence electrons. The van der Waals surface area contributed by atoms with Gasteiger partial charge in [-0.15, -0.1) is 0 Å². The van der Waals surface area contributed by atoms with Crippen molar-refractivity contribution in [2.75, 3.05) is 0 Å². The molecule has 2 aliphatic carbocycles. The molecule has 1 unspecified atom stereocenters. The lowest BCUT2D eigenvalue weighted by Gasteiger charge is -2.25. The average molecular weight is 382 g/mol. The number of amides is 1. The summed E-state index contributed by atoms with van der Waals surface area (Å²) in [5, 5.41) is 2.98. The van der Waals surface area contributed by atoms with Crippen LogP contribution in [-0.2, 0) is 6.42 Å². The van der Waals surface area contributed by atoms with Crippen molar-refractivity contribution in [3.8, 4) is 0 Å². The number of hydrogen-bond acceptors (Lipinski definition) is 3. The van der Waals surface area contributed by atoms with Crippen LogP contribution in [0.3, 0.4) is 0 Å². The fourth-order valence-corrected chi connectivity index (χ4v) is 4.40. The first kappa shape index (κ1) is 18.6. The molecule has 1 heterocycles. The van der Waals surface area contributed by atoms with Crippen molar-refractivity contribution >= 4 is 11.7 Å². The van der Waals surface area contributed by atoms with E-state index in [0.29, 0.717) is 30.5 Å². The third kappa shape index (κ3) is 3.63. The van der Waals surface area contributed by atoms with Crippen molar-refractivity contribution in [1.29, 1.82) is 0 Å². The van der Waals surface area contributed by atoms with Crippen molar-refractivity contribution in [2.45, 2.75) is 51.0 Å². The molecule has 1 amide bonds. The number of aryl methyl sites for hydroxylation is 1. The molecule has 1 fully saturated rings. The number of pyridine rings is 1. The summed E-state index contributed by atoms with van der Waals surface area (Å²) in [7, 11) is 0. The van der Waals surface area contributed by atoms with Gasteiger partial charge in [0.15, 0.2) is 5.78 Å². The standard InChI is InChI=1S/C22H23FN2O3/c23-15-10-8-14(9-11-15)20(13-4-1-2-5-13)25-22(28)17-12-16-18(24-21(17)27)6-3-7-19(16)26/h8-13,20H,1-7H2,(H,24,27)(H,25,28). The summed E-state index contributed by atoms with van der Waals surface area (Å²) in [5.74, 6) is -0.626. The number of rotatable bonds is 4. The van der Waals surface area contributed by atoms with Gasteiger partial charge in [0.25, 0.3) is 11.5 Å². The van der Waals surface area contributed by atoms with Gasteiger partial charge in [0, 0.05) is 17.7 Å². The zero-order valence-electron chi connectivity index (χ0n) is 15.6. The second-order valence-corrected chi connectivity index (χ2v) is 7.73. The molecule has 0 aliphatic heterocycles. The highest BCUT2D eigenvalue weighted by atomic mass is 19.1. The number of hydrogen-bond donors (Lipinski definition) is 2. The molecule has 2 aliphatic rings. The third-order valence-electron chi connectivity index (χ3n) is 5.89. The molecule has 0 radical (unpaired) electrons. The van der Waals surface area contributed by atoms with Crippen LogP contribution >= 0.6 is 0 Å². The molecule has 28 heavy (non-hydrogen) atoms. The van der Waals surface area contributed by atoms with E-state index >= 15 is 0 Å². The van der Waals surface area contributed by atoms with Gasteiger partial charge in [0.2, 0.25) is 0 Å². The van der Waals surface area contributed by atoms with Crippen molar-refractivity contribution in [3.63, 3.8) is 0 Å². The molecule has 2 N–H and O–H groups in total. The minimum Gasteiger partial charge on any atom is -0.345 e. The number of aromatic amines is 1. The van der Waals surface area contributed by atoms with E-state index in [9.17, 15) is 18.8 Å². The molecule has 0 saturated heterocycles. The lowest BCUT2D eigenvalue weighted by atomic mass is 9.91. The molecular formula is C22H23FN2O3. The number of benzene rings is 1. The Labute approximate surface area is 162 Å². The van der Waals surface area contributed by atoms with Gasteiger partial charge >= 0.3 is 0 Å². The van der Waals surface area contributed by atoms with Gasteiger partial charge in [-0.3, -0.25) is 14.4 Å². The SMILES string of the molecule is O=C1CCCc2[nH]c(=O)c(C(=O)NC(c3ccc(F)cc3)C3CCCC3)cc21. The lowest BCUT2D eigenvalue weighted by molar-refractivity contribution is 0.0920. The Bertz CT molecular complexity index is 959. The smallest absolute Gasteiger partial charge is 0.261 e. The zero-order chi connectivity index (χ0) is 19.7. The van der Waals surface area contributed by atoms with E-state index in [4.69, 9.17) is 0 Å². The number of halogens is 1. The molecule has 0 spiro atoms. The average Bonchev–Trinajstić information content (AvgIpc) is 3.21. The van der Waals surface area contributed by atoms with Gasteiger partial charge in [-0.1, -0.05) is 25.0 Å². The van der Waals surface area contributed by atoms with Crippen LogP contribution in [0.2, 0.25) is 0 Å². The van der Waals surface area contributed by atoms with Gasteiger partial charge in [-0.2, -0.15) is 0 Å². The number of fused-ring (bicyclic) bond motifs is 1. The van der Waals surface area contributed by atoms with E-state index in [1.807, 2.05) is 0 Å². The molecule has 1 aromatic heterocycles. The summed E-state index contributed by atoms with van der Waals surface area (Å²) in [6.07, 6.45) is 5.90. The fourth-order valence-electron chi connectivity index (χ4n) is 4.40. The first-order valence-corrected chi connectivity index (χ1v) is 9.88. The summed E-state index contributed by atoms with van der Waals surface area (Å²) < 4.78 is 13.3. The van der Waals surface area contributed by atoms with E-state index in [2.05, 4.69) is 10.3 Å². The van der Waals surface area contributed by atoms with Crippen molar-refractivity contribution in [2.24, 2.45) is 5.92 Å². The lowest BCUT2D eigenvalue weighted by Crippen LogP contribution is -2.36. The Morgan fingerprint density at radius 2 is 1.79 bits per heavy atom. The topological polar surface area (TPSA) is 79.0 Å². The maximum absolute atomic E-state index is 13.3. The normalized spacial score (nSPS) is 18.0. The minimum atomic E-state index is -0.497. The maximum Gasteiger partial charge on any atom is 0.261 e. The maximum atomic E-state index is 13.3. The quantitative estimate of drug-likeness (QED) is 0.846. The highest BCUT2D eigenvalue weighted by Gasteiger charge is 2.29. The molecular weight excluding hydrogens is 359 g/mol. The van der Waals surface area contributed by atoms with Gasteiger partial charge in [-0.05, 0) is 55.4 Å². The van der Waals surface area contributed by atoms with Crippen LogP contribution in [-0.4, -0.2) is 16.7 Å². The summed E-state index contributed by atoms with van der Waals surface area (Å²) in [6, 6.07) is 7.27. The molecule has 2 aromatic rings. The van der Waals surface area contributed by atoms with E-state index in [1.54, 1.807) is 12.1 Å². The number of H-pyrrole nitrogens is 1. The van der Waals surface area contributed by atoms with E-state index in [0.717, 1.165) is 31.2 Å². The summed E-state index contributed by atoms with van der Waals surface area (Å²) >= 11 is 0.